The SMILES string of the molecule is C#CCSc1ccc(-n2c(C)nc3c(c2=O)C2(CCCCC2)Cc2ccccc2-3)cc1. The molecule has 1 heterocycles. The van der Waals surface area contributed by atoms with E-state index in [4.69, 9.17) is 11.4 Å². The molecule has 3 aromatic rings. The molecule has 0 aliphatic heterocycles. The predicted molar refractivity (Wildman–Crippen MR) is 128 cm³/mol. The number of nitrogens with zero attached hydrogens (tertiary/aromatic N) is 2. The van der Waals surface area contributed by atoms with Crippen molar-refractivity contribution < 1.29 is 0 Å². The van der Waals surface area contributed by atoms with E-state index in [0.29, 0.717) is 5.75 Å². The maximum Gasteiger partial charge on any atom is 0.262 e. The first-order chi connectivity index (χ1) is 15.1. The first-order valence-corrected chi connectivity index (χ1v) is 12.0. The molecule has 1 spiro atoms. The van der Waals surface area contributed by atoms with E-state index in [1.807, 2.05) is 31.2 Å². The Morgan fingerprint density at radius 1 is 1.10 bits per heavy atom. The lowest BCUT2D eigenvalue weighted by molar-refractivity contribution is 0.284. The standard InChI is InChI=1S/C27H26N2OS/c1-3-17-31-22-13-11-21(12-14-22)29-19(2)28-25-23-10-6-5-9-20(23)18-27(24(25)26(29)30)15-7-4-8-16-27/h1,5-6,9-14H,4,7-8,15-18H2,2H3. The number of aryl methyl sites for hydroxylation is 1. The molecule has 1 fully saturated rings. The molecule has 0 amide bonds. The minimum atomic E-state index is -0.0932. The molecule has 4 heteroatoms. The van der Waals surface area contributed by atoms with Gasteiger partial charge in [-0.2, -0.15) is 0 Å². The highest BCUT2D eigenvalue weighted by molar-refractivity contribution is 7.99. The predicted octanol–water partition coefficient (Wildman–Crippen LogP) is 5.69. The second-order valence-corrected chi connectivity index (χ2v) is 9.73. The first-order valence-electron chi connectivity index (χ1n) is 11.0. The molecule has 156 valence electrons. The fourth-order valence-corrected chi connectivity index (χ4v) is 6.01. The molecule has 1 aromatic heterocycles. The van der Waals surface area contributed by atoms with Crippen LogP contribution in [0.4, 0.5) is 0 Å². The Kier molecular flexibility index (Phi) is 5.24. The van der Waals surface area contributed by atoms with Crippen LogP contribution in [-0.4, -0.2) is 15.3 Å². The van der Waals surface area contributed by atoms with Crippen molar-refractivity contribution in [1.82, 2.24) is 9.55 Å². The zero-order valence-electron chi connectivity index (χ0n) is 17.9. The number of thioether (sulfide) groups is 1. The van der Waals surface area contributed by atoms with Gasteiger partial charge in [0.2, 0.25) is 0 Å². The minimum Gasteiger partial charge on any atom is -0.269 e. The third-order valence-corrected chi connectivity index (χ3v) is 7.73. The molecule has 0 radical (unpaired) electrons. The van der Waals surface area contributed by atoms with E-state index in [0.717, 1.165) is 52.5 Å². The van der Waals surface area contributed by atoms with Gasteiger partial charge in [-0.25, -0.2) is 4.98 Å². The van der Waals surface area contributed by atoms with E-state index < -0.39 is 0 Å². The topological polar surface area (TPSA) is 34.9 Å². The van der Waals surface area contributed by atoms with Crippen molar-refractivity contribution in [2.45, 2.75) is 55.8 Å². The zero-order valence-corrected chi connectivity index (χ0v) is 18.7. The van der Waals surface area contributed by atoms with Gasteiger partial charge in [-0.15, -0.1) is 18.2 Å². The average molecular weight is 427 g/mol. The van der Waals surface area contributed by atoms with Gasteiger partial charge in [0, 0.05) is 15.9 Å². The van der Waals surface area contributed by atoms with Crippen LogP contribution < -0.4 is 5.56 Å². The van der Waals surface area contributed by atoms with Crippen LogP contribution in [0.3, 0.4) is 0 Å². The molecule has 0 bridgehead atoms. The molecule has 31 heavy (non-hydrogen) atoms. The van der Waals surface area contributed by atoms with Gasteiger partial charge in [0.05, 0.1) is 22.7 Å². The Labute approximate surface area is 187 Å². The van der Waals surface area contributed by atoms with Crippen molar-refractivity contribution in [3.63, 3.8) is 0 Å². The molecule has 0 atom stereocenters. The second kappa shape index (κ2) is 8.05. The van der Waals surface area contributed by atoms with E-state index in [-0.39, 0.29) is 11.0 Å². The van der Waals surface area contributed by atoms with Crippen molar-refractivity contribution in [2.24, 2.45) is 0 Å². The number of benzene rings is 2. The lowest BCUT2D eigenvalue weighted by atomic mass is 9.62. The summed E-state index contributed by atoms with van der Waals surface area (Å²) in [6.45, 7) is 1.94. The summed E-state index contributed by atoms with van der Waals surface area (Å²) in [5, 5.41) is 0. The van der Waals surface area contributed by atoms with Crippen LogP contribution in [0.25, 0.3) is 16.9 Å². The van der Waals surface area contributed by atoms with E-state index in [2.05, 4.69) is 30.2 Å². The van der Waals surface area contributed by atoms with Crippen LogP contribution >= 0.6 is 11.8 Å². The molecule has 5 rings (SSSR count). The minimum absolute atomic E-state index is 0.0932. The molecule has 2 aliphatic rings. The first kappa shape index (κ1) is 20.2. The zero-order chi connectivity index (χ0) is 21.4. The van der Waals surface area contributed by atoms with E-state index >= 15 is 0 Å². The Hall–Kier alpha value is -2.77. The van der Waals surface area contributed by atoms with E-state index in [1.54, 1.807) is 16.3 Å². The van der Waals surface area contributed by atoms with Gasteiger partial charge in [0.1, 0.15) is 5.82 Å². The molecule has 0 saturated heterocycles. The number of rotatable bonds is 3. The molecule has 0 unspecified atom stereocenters. The van der Waals surface area contributed by atoms with Gasteiger partial charge in [0.25, 0.3) is 5.56 Å². The van der Waals surface area contributed by atoms with Crippen LogP contribution in [0.15, 0.2) is 58.2 Å². The molecule has 0 N–H and O–H groups in total. The number of fused-ring (bicyclic) bond motifs is 4. The highest BCUT2D eigenvalue weighted by atomic mass is 32.2. The van der Waals surface area contributed by atoms with Gasteiger partial charge in [-0.05, 0) is 56.0 Å². The largest absolute Gasteiger partial charge is 0.269 e. The number of aromatic nitrogens is 2. The monoisotopic (exact) mass is 426 g/mol. The normalized spacial score (nSPS) is 16.4. The lowest BCUT2D eigenvalue weighted by Gasteiger charge is -2.42. The Morgan fingerprint density at radius 3 is 2.58 bits per heavy atom. The molecule has 2 aromatic carbocycles. The number of hydrogen-bond donors (Lipinski definition) is 0. The van der Waals surface area contributed by atoms with Gasteiger partial charge in [0.15, 0.2) is 0 Å². The Balaban J connectivity index is 1.70. The van der Waals surface area contributed by atoms with Crippen LogP contribution in [0.1, 0.15) is 49.1 Å². The van der Waals surface area contributed by atoms with Gasteiger partial charge < -0.3 is 0 Å². The molecule has 3 nitrogen and oxygen atoms in total. The Morgan fingerprint density at radius 2 is 1.84 bits per heavy atom. The van der Waals surface area contributed by atoms with Crippen molar-refractivity contribution in [2.75, 3.05) is 5.75 Å². The highest BCUT2D eigenvalue weighted by Gasteiger charge is 2.43. The molecular weight excluding hydrogens is 400 g/mol. The third kappa shape index (κ3) is 3.42. The third-order valence-electron chi connectivity index (χ3n) is 6.81. The second-order valence-electron chi connectivity index (χ2n) is 8.68. The van der Waals surface area contributed by atoms with Crippen LogP contribution in [0.5, 0.6) is 0 Å². The fraction of sp³-hybridized carbons (Fsp3) is 0.333. The summed E-state index contributed by atoms with van der Waals surface area (Å²) >= 11 is 1.63. The summed E-state index contributed by atoms with van der Waals surface area (Å²) in [7, 11) is 0. The molecule has 1 saturated carbocycles. The van der Waals surface area contributed by atoms with Crippen molar-refractivity contribution >= 4 is 11.8 Å². The van der Waals surface area contributed by atoms with Crippen LogP contribution in [0, 0.1) is 19.3 Å². The molecule has 2 aliphatic carbocycles. The Bertz CT molecular complexity index is 1230. The van der Waals surface area contributed by atoms with Gasteiger partial charge in [-0.3, -0.25) is 9.36 Å². The summed E-state index contributed by atoms with van der Waals surface area (Å²) < 4.78 is 1.80. The lowest BCUT2D eigenvalue weighted by Crippen LogP contribution is -2.43. The van der Waals surface area contributed by atoms with E-state index in [9.17, 15) is 4.79 Å². The summed E-state index contributed by atoms with van der Waals surface area (Å²) in [4.78, 5) is 20.2. The van der Waals surface area contributed by atoms with Crippen LogP contribution in [-0.2, 0) is 11.8 Å². The fourth-order valence-electron chi connectivity index (χ4n) is 5.43. The van der Waals surface area contributed by atoms with Crippen molar-refractivity contribution in [1.29, 1.82) is 0 Å². The van der Waals surface area contributed by atoms with Gasteiger partial charge in [-0.1, -0.05) is 49.4 Å². The maximum absolute atomic E-state index is 14.1. The van der Waals surface area contributed by atoms with Crippen molar-refractivity contribution in [3.8, 4) is 29.3 Å². The summed E-state index contributed by atoms with van der Waals surface area (Å²) in [6, 6.07) is 16.6. The highest BCUT2D eigenvalue weighted by Crippen LogP contribution is 2.48. The average Bonchev–Trinajstić information content (AvgIpc) is 2.79. The summed E-state index contributed by atoms with van der Waals surface area (Å²) in [5.74, 6) is 4.03. The number of terminal acetylenes is 1. The maximum atomic E-state index is 14.1. The quantitative estimate of drug-likeness (QED) is 0.399. The van der Waals surface area contributed by atoms with Gasteiger partial charge >= 0.3 is 0 Å². The summed E-state index contributed by atoms with van der Waals surface area (Å²) in [6.07, 6.45) is 12.1. The number of hydrogen-bond acceptors (Lipinski definition) is 3. The summed E-state index contributed by atoms with van der Waals surface area (Å²) in [5.41, 5.74) is 5.17. The van der Waals surface area contributed by atoms with Crippen LogP contribution in [0.2, 0.25) is 0 Å². The molecular formula is C27H26N2OS. The smallest absolute Gasteiger partial charge is 0.262 e. The van der Waals surface area contributed by atoms with E-state index in [1.165, 1.54) is 24.8 Å². The van der Waals surface area contributed by atoms with Crippen molar-refractivity contribution in [3.05, 3.63) is 75.8 Å².